The van der Waals surface area contributed by atoms with Crippen LogP contribution in [0.4, 0.5) is 0 Å². The maximum absolute atomic E-state index is 11.9. The van der Waals surface area contributed by atoms with E-state index in [1.165, 1.54) is 0 Å². The summed E-state index contributed by atoms with van der Waals surface area (Å²) in [5, 5.41) is 6.47. The number of H-pyrrole nitrogens is 1. The van der Waals surface area contributed by atoms with Crippen molar-refractivity contribution in [2.24, 2.45) is 5.73 Å². The van der Waals surface area contributed by atoms with E-state index in [0.29, 0.717) is 11.4 Å². The molecule has 1 rings (SSSR count). The first-order valence-electron chi connectivity index (χ1n) is 4.62. The van der Waals surface area contributed by atoms with Crippen LogP contribution in [0.25, 0.3) is 0 Å². The Morgan fingerprint density at radius 1 is 1.50 bits per heavy atom. The van der Waals surface area contributed by atoms with Crippen molar-refractivity contribution in [2.45, 2.75) is 31.7 Å². The Bertz CT molecular complexity index is 423. The molecule has 8 heteroatoms. The van der Waals surface area contributed by atoms with Crippen molar-refractivity contribution in [3.63, 3.8) is 0 Å². The lowest BCUT2D eigenvalue weighted by Crippen LogP contribution is -2.38. The average Bonchev–Trinajstić information content (AvgIpc) is 2.45. The predicted molar refractivity (Wildman–Crippen MR) is 64.1 cm³/mol. The lowest BCUT2D eigenvalue weighted by molar-refractivity contribution is 0.561. The number of aromatic nitrogens is 2. The molecule has 0 spiro atoms. The van der Waals surface area contributed by atoms with E-state index in [4.69, 9.17) is 5.73 Å². The molecule has 1 atom stereocenters. The fourth-order valence-corrected chi connectivity index (χ4v) is 2.94. The number of nitrogens with zero attached hydrogens (tertiary/aromatic N) is 1. The fourth-order valence-electron chi connectivity index (χ4n) is 1.31. The van der Waals surface area contributed by atoms with Gasteiger partial charge >= 0.3 is 0 Å². The van der Waals surface area contributed by atoms with Gasteiger partial charge in [0, 0.05) is 12.6 Å². The van der Waals surface area contributed by atoms with Gasteiger partial charge in [-0.25, -0.2) is 13.1 Å². The lowest BCUT2D eigenvalue weighted by atomic mass is 10.4. The molecule has 0 saturated carbocycles. The van der Waals surface area contributed by atoms with E-state index in [1.807, 2.05) is 0 Å². The highest BCUT2D eigenvalue weighted by Crippen LogP contribution is 2.16. The van der Waals surface area contributed by atoms with E-state index >= 15 is 0 Å². The SMILES string of the molecule is Cc1n[nH]c(C)c1S(=O)(=O)N[C@@H](C)CN.Cl. The van der Waals surface area contributed by atoms with Gasteiger partial charge in [0.05, 0.1) is 11.4 Å². The van der Waals surface area contributed by atoms with Crippen molar-refractivity contribution in [3.05, 3.63) is 11.4 Å². The van der Waals surface area contributed by atoms with Gasteiger partial charge in [-0.3, -0.25) is 5.10 Å². The van der Waals surface area contributed by atoms with Gasteiger partial charge < -0.3 is 5.73 Å². The molecule has 0 unspecified atom stereocenters. The minimum absolute atomic E-state index is 0. The van der Waals surface area contributed by atoms with Gasteiger partial charge in [0.15, 0.2) is 0 Å². The Kier molecular flexibility index (Phi) is 5.40. The normalized spacial score (nSPS) is 13.2. The zero-order chi connectivity index (χ0) is 11.6. The summed E-state index contributed by atoms with van der Waals surface area (Å²) in [6.07, 6.45) is 0. The van der Waals surface area contributed by atoms with Crippen LogP contribution in [0.3, 0.4) is 0 Å². The van der Waals surface area contributed by atoms with Crippen molar-refractivity contribution in [3.8, 4) is 0 Å². The van der Waals surface area contributed by atoms with Crippen molar-refractivity contribution in [2.75, 3.05) is 6.54 Å². The monoisotopic (exact) mass is 268 g/mol. The topological polar surface area (TPSA) is 101 Å². The van der Waals surface area contributed by atoms with Gasteiger partial charge in [-0.2, -0.15) is 5.10 Å². The Balaban J connectivity index is 0.00000225. The van der Waals surface area contributed by atoms with Gasteiger partial charge in [-0.15, -0.1) is 12.4 Å². The summed E-state index contributed by atoms with van der Waals surface area (Å²) in [6.45, 7) is 5.28. The molecule has 4 N–H and O–H groups in total. The smallest absolute Gasteiger partial charge is 0.244 e. The van der Waals surface area contributed by atoms with Crippen molar-refractivity contribution < 1.29 is 8.42 Å². The number of hydrogen-bond acceptors (Lipinski definition) is 4. The summed E-state index contributed by atoms with van der Waals surface area (Å²) in [4.78, 5) is 0.211. The molecule has 16 heavy (non-hydrogen) atoms. The van der Waals surface area contributed by atoms with E-state index in [1.54, 1.807) is 20.8 Å². The van der Waals surface area contributed by atoms with E-state index in [9.17, 15) is 8.42 Å². The minimum Gasteiger partial charge on any atom is -0.329 e. The molecular formula is C8H17ClN4O2S. The molecule has 0 aliphatic rings. The molecule has 1 aromatic heterocycles. The highest BCUT2D eigenvalue weighted by molar-refractivity contribution is 7.89. The molecule has 0 bridgehead atoms. The first-order chi connectivity index (χ1) is 6.88. The zero-order valence-electron chi connectivity index (χ0n) is 9.44. The number of rotatable bonds is 4. The quantitative estimate of drug-likeness (QED) is 0.719. The van der Waals surface area contributed by atoms with Crippen LogP contribution < -0.4 is 10.5 Å². The van der Waals surface area contributed by atoms with Crippen molar-refractivity contribution >= 4 is 22.4 Å². The van der Waals surface area contributed by atoms with Crippen molar-refractivity contribution in [1.82, 2.24) is 14.9 Å². The summed E-state index contributed by atoms with van der Waals surface area (Å²) in [7, 11) is -3.51. The standard InChI is InChI=1S/C8H16N4O2S.ClH/c1-5(4-9)12-15(13,14)8-6(2)10-11-7(8)3;/h5,12H,4,9H2,1-3H3,(H,10,11);1H/t5-;/m0./s1. The number of nitrogens with one attached hydrogen (secondary N) is 2. The Labute approximate surface area is 101 Å². The van der Waals surface area contributed by atoms with Crippen LogP contribution in [0.2, 0.25) is 0 Å². The molecule has 6 nitrogen and oxygen atoms in total. The molecule has 94 valence electrons. The van der Waals surface area contributed by atoms with Gasteiger partial charge in [0.2, 0.25) is 10.0 Å². The largest absolute Gasteiger partial charge is 0.329 e. The minimum atomic E-state index is -3.51. The molecule has 0 aliphatic heterocycles. The molecule has 1 heterocycles. The summed E-state index contributed by atoms with van der Waals surface area (Å²) in [5.74, 6) is 0. The summed E-state index contributed by atoms with van der Waals surface area (Å²) >= 11 is 0. The Morgan fingerprint density at radius 2 is 2.06 bits per heavy atom. The van der Waals surface area contributed by atoms with Gasteiger partial charge in [-0.05, 0) is 20.8 Å². The molecular weight excluding hydrogens is 252 g/mol. The summed E-state index contributed by atoms with van der Waals surface area (Å²) in [6, 6.07) is -0.288. The molecule has 0 aromatic carbocycles. The number of nitrogens with two attached hydrogens (primary N) is 1. The second-order valence-electron chi connectivity index (χ2n) is 3.52. The third-order valence-electron chi connectivity index (χ3n) is 2.04. The average molecular weight is 269 g/mol. The maximum atomic E-state index is 11.9. The number of aromatic amines is 1. The molecule has 0 amide bonds. The first kappa shape index (κ1) is 15.4. The molecule has 0 fully saturated rings. The number of aryl methyl sites for hydroxylation is 2. The second kappa shape index (κ2) is 5.62. The van der Waals surface area contributed by atoms with Crippen LogP contribution in [0.5, 0.6) is 0 Å². The first-order valence-corrected chi connectivity index (χ1v) is 6.10. The van der Waals surface area contributed by atoms with Crippen LogP contribution in [-0.2, 0) is 10.0 Å². The van der Waals surface area contributed by atoms with Crippen LogP contribution in [0, 0.1) is 13.8 Å². The van der Waals surface area contributed by atoms with E-state index in [0.717, 1.165) is 0 Å². The number of halogens is 1. The van der Waals surface area contributed by atoms with Crippen LogP contribution >= 0.6 is 12.4 Å². The molecule has 1 aromatic rings. The maximum Gasteiger partial charge on any atom is 0.244 e. The van der Waals surface area contributed by atoms with Crippen LogP contribution in [0.15, 0.2) is 4.90 Å². The third-order valence-corrected chi connectivity index (χ3v) is 3.89. The summed E-state index contributed by atoms with van der Waals surface area (Å²) in [5.41, 5.74) is 6.35. The number of sulfonamides is 1. The summed E-state index contributed by atoms with van der Waals surface area (Å²) < 4.78 is 26.2. The van der Waals surface area contributed by atoms with Crippen molar-refractivity contribution in [1.29, 1.82) is 0 Å². The highest BCUT2D eigenvalue weighted by Gasteiger charge is 2.23. The van der Waals surface area contributed by atoms with E-state index in [-0.39, 0.29) is 29.9 Å². The van der Waals surface area contributed by atoms with Crippen LogP contribution in [-0.4, -0.2) is 31.2 Å². The van der Waals surface area contributed by atoms with E-state index < -0.39 is 10.0 Å². The highest BCUT2D eigenvalue weighted by atomic mass is 35.5. The van der Waals surface area contributed by atoms with Crippen LogP contribution in [0.1, 0.15) is 18.3 Å². The Hall–Kier alpha value is -0.630. The van der Waals surface area contributed by atoms with E-state index in [2.05, 4.69) is 14.9 Å². The van der Waals surface area contributed by atoms with Gasteiger partial charge in [0.25, 0.3) is 0 Å². The molecule has 0 radical (unpaired) electrons. The molecule has 0 aliphatic carbocycles. The Morgan fingerprint density at radius 3 is 2.44 bits per heavy atom. The van der Waals surface area contributed by atoms with Gasteiger partial charge in [0.1, 0.15) is 4.90 Å². The zero-order valence-corrected chi connectivity index (χ0v) is 11.1. The fraction of sp³-hybridized carbons (Fsp3) is 0.625. The lowest BCUT2D eigenvalue weighted by Gasteiger charge is -2.11. The predicted octanol–water partition coefficient (Wildman–Crippen LogP) is 0.0738. The van der Waals surface area contributed by atoms with Gasteiger partial charge in [-0.1, -0.05) is 0 Å². The third kappa shape index (κ3) is 3.18. The molecule has 0 saturated heterocycles. The second-order valence-corrected chi connectivity index (χ2v) is 5.17. The number of hydrogen-bond donors (Lipinski definition) is 3.